The van der Waals surface area contributed by atoms with Crippen LogP contribution in [0, 0.1) is 0 Å². The highest BCUT2D eigenvalue weighted by Crippen LogP contribution is 2.18. The van der Waals surface area contributed by atoms with E-state index in [-0.39, 0.29) is 6.09 Å². The van der Waals surface area contributed by atoms with Gasteiger partial charge in [0.25, 0.3) is 0 Å². The predicted octanol–water partition coefficient (Wildman–Crippen LogP) is 1.07. The number of piperazine rings is 1. The van der Waals surface area contributed by atoms with Gasteiger partial charge in [0.05, 0.1) is 6.61 Å². The van der Waals surface area contributed by atoms with Crippen molar-refractivity contribution in [2.75, 3.05) is 45.9 Å². The Labute approximate surface area is 115 Å². The van der Waals surface area contributed by atoms with Crippen molar-refractivity contribution in [3.8, 4) is 0 Å². The van der Waals surface area contributed by atoms with Gasteiger partial charge in [0.15, 0.2) is 0 Å². The Kier molecular flexibility index (Phi) is 5.22. The number of ether oxygens (including phenoxy) is 1. The van der Waals surface area contributed by atoms with E-state index >= 15 is 0 Å². The number of hydrogen-bond donors (Lipinski definition) is 1. The molecule has 2 fully saturated rings. The number of rotatable bonds is 6. The Morgan fingerprint density at radius 2 is 2.00 bits per heavy atom. The van der Waals surface area contributed by atoms with E-state index in [4.69, 9.17) is 4.74 Å². The molecule has 0 aromatic carbocycles. The van der Waals surface area contributed by atoms with Crippen molar-refractivity contribution in [2.45, 2.75) is 25.8 Å². The molecule has 0 unspecified atom stereocenters. The molecule has 1 aliphatic heterocycles. The van der Waals surface area contributed by atoms with Crippen LogP contribution >= 0.6 is 0 Å². The molecule has 2 rings (SSSR count). The molecule has 0 spiro atoms. The molecule has 1 saturated carbocycles. The largest absolute Gasteiger partial charge is 0.450 e. The average Bonchev–Trinajstić information content (AvgIpc) is 3.21. The summed E-state index contributed by atoms with van der Waals surface area (Å²) in [5, 5.41) is 3.48. The molecule has 108 valence electrons. The third-order valence-electron chi connectivity index (χ3n) is 3.56. The molecule has 1 saturated heterocycles. The van der Waals surface area contributed by atoms with Crippen molar-refractivity contribution in [2.24, 2.45) is 0 Å². The van der Waals surface area contributed by atoms with Crippen LogP contribution < -0.4 is 5.32 Å². The first kappa shape index (κ1) is 14.3. The van der Waals surface area contributed by atoms with Crippen molar-refractivity contribution >= 4 is 6.09 Å². The Hall–Kier alpha value is -1.07. The molecule has 0 aromatic rings. The number of hydrogen-bond acceptors (Lipinski definition) is 4. The van der Waals surface area contributed by atoms with Gasteiger partial charge in [-0.15, -0.1) is 0 Å². The molecule has 1 amide bonds. The second kappa shape index (κ2) is 6.91. The smallest absolute Gasteiger partial charge is 0.409 e. The standard InChI is InChI=1S/C14H25N3O2/c1-3-19-14(18)17-8-6-16(7-9-17)11-12(2)10-15-13-4-5-13/h13,15H,2-11H2,1H3. The van der Waals surface area contributed by atoms with Crippen LogP contribution in [-0.4, -0.2) is 67.8 Å². The quantitative estimate of drug-likeness (QED) is 0.731. The molecule has 0 aromatic heterocycles. The molecule has 2 aliphatic rings. The van der Waals surface area contributed by atoms with E-state index in [2.05, 4.69) is 16.8 Å². The first-order valence-electron chi connectivity index (χ1n) is 7.23. The average molecular weight is 267 g/mol. The van der Waals surface area contributed by atoms with Gasteiger partial charge in [0.1, 0.15) is 0 Å². The van der Waals surface area contributed by atoms with Gasteiger partial charge in [-0.25, -0.2) is 4.79 Å². The van der Waals surface area contributed by atoms with Crippen molar-refractivity contribution in [1.82, 2.24) is 15.1 Å². The lowest BCUT2D eigenvalue weighted by atomic mass is 10.2. The van der Waals surface area contributed by atoms with Crippen molar-refractivity contribution in [1.29, 1.82) is 0 Å². The summed E-state index contributed by atoms with van der Waals surface area (Å²) >= 11 is 0. The van der Waals surface area contributed by atoms with Gasteiger partial charge in [0, 0.05) is 45.3 Å². The third kappa shape index (κ3) is 4.84. The van der Waals surface area contributed by atoms with E-state index < -0.39 is 0 Å². The van der Waals surface area contributed by atoms with Crippen molar-refractivity contribution < 1.29 is 9.53 Å². The first-order chi connectivity index (χ1) is 9.19. The Balaban J connectivity index is 1.62. The van der Waals surface area contributed by atoms with Crippen LogP contribution in [0.3, 0.4) is 0 Å². The fraction of sp³-hybridized carbons (Fsp3) is 0.786. The molecular weight excluding hydrogens is 242 g/mol. The minimum atomic E-state index is -0.184. The van der Waals surface area contributed by atoms with Gasteiger partial charge in [-0.3, -0.25) is 4.90 Å². The zero-order chi connectivity index (χ0) is 13.7. The molecule has 0 atom stereocenters. The highest BCUT2D eigenvalue weighted by Gasteiger charge is 2.23. The fourth-order valence-electron chi connectivity index (χ4n) is 2.25. The van der Waals surface area contributed by atoms with E-state index in [0.717, 1.165) is 45.3 Å². The van der Waals surface area contributed by atoms with Crippen LogP contribution in [0.1, 0.15) is 19.8 Å². The summed E-state index contributed by atoms with van der Waals surface area (Å²) in [5.41, 5.74) is 1.23. The summed E-state index contributed by atoms with van der Waals surface area (Å²) in [7, 11) is 0. The summed E-state index contributed by atoms with van der Waals surface area (Å²) in [6.07, 6.45) is 2.44. The number of amides is 1. The second-order valence-corrected chi connectivity index (χ2v) is 5.37. The lowest BCUT2D eigenvalue weighted by molar-refractivity contribution is 0.0818. The molecule has 1 aliphatic carbocycles. The van der Waals surface area contributed by atoms with Crippen molar-refractivity contribution in [3.63, 3.8) is 0 Å². The van der Waals surface area contributed by atoms with Gasteiger partial charge in [-0.1, -0.05) is 6.58 Å². The highest BCUT2D eigenvalue weighted by molar-refractivity contribution is 5.67. The maximum atomic E-state index is 11.6. The zero-order valence-electron chi connectivity index (χ0n) is 11.9. The normalized spacial score (nSPS) is 20.4. The van der Waals surface area contributed by atoms with Crippen molar-refractivity contribution in [3.05, 3.63) is 12.2 Å². The molecule has 19 heavy (non-hydrogen) atoms. The topological polar surface area (TPSA) is 44.8 Å². The maximum Gasteiger partial charge on any atom is 0.409 e. The first-order valence-corrected chi connectivity index (χ1v) is 7.23. The summed E-state index contributed by atoms with van der Waals surface area (Å²) in [4.78, 5) is 15.7. The number of carbonyl (C=O) groups excluding carboxylic acids is 1. The van der Waals surface area contributed by atoms with Gasteiger partial charge in [0.2, 0.25) is 0 Å². The zero-order valence-corrected chi connectivity index (χ0v) is 11.9. The molecule has 5 nitrogen and oxygen atoms in total. The molecule has 5 heteroatoms. The molecule has 0 radical (unpaired) electrons. The van der Waals surface area contributed by atoms with Gasteiger partial charge >= 0.3 is 6.09 Å². The summed E-state index contributed by atoms with van der Waals surface area (Å²) < 4.78 is 5.01. The molecule has 1 N–H and O–H groups in total. The monoisotopic (exact) mass is 267 g/mol. The van der Waals surface area contributed by atoms with Gasteiger partial charge < -0.3 is 15.0 Å². The van der Waals surface area contributed by atoms with Crippen LogP contribution in [-0.2, 0) is 4.74 Å². The lowest BCUT2D eigenvalue weighted by Gasteiger charge is -2.34. The fourth-order valence-corrected chi connectivity index (χ4v) is 2.25. The summed E-state index contributed by atoms with van der Waals surface area (Å²) in [5.74, 6) is 0. The van der Waals surface area contributed by atoms with E-state index in [1.165, 1.54) is 18.4 Å². The van der Waals surface area contributed by atoms with E-state index in [9.17, 15) is 4.79 Å². The van der Waals surface area contributed by atoms with E-state index in [1.807, 2.05) is 6.92 Å². The minimum Gasteiger partial charge on any atom is -0.450 e. The minimum absolute atomic E-state index is 0.184. The van der Waals surface area contributed by atoms with Crippen LogP contribution in [0.15, 0.2) is 12.2 Å². The summed E-state index contributed by atoms with van der Waals surface area (Å²) in [6.45, 7) is 11.6. The highest BCUT2D eigenvalue weighted by atomic mass is 16.6. The van der Waals surface area contributed by atoms with Crippen LogP contribution in [0.5, 0.6) is 0 Å². The Morgan fingerprint density at radius 1 is 1.32 bits per heavy atom. The van der Waals surface area contributed by atoms with E-state index in [1.54, 1.807) is 4.90 Å². The molecule has 0 bridgehead atoms. The van der Waals surface area contributed by atoms with Crippen LogP contribution in [0.4, 0.5) is 4.79 Å². The SMILES string of the molecule is C=C(CNC1CC1)CN1CCN(C(=O)OCC)CC1. The van der Waals surface area contributed by atoms with Crippen LogP contribution in [0.2, 0.25) is 0 Å². The van der Waals surface area contributed by atoms with E-state index in [0.29, 0.717) is 6.61 Å². The second-order valence-electron chi connectivity index (χ2n) is 5.37. The lowest BCUT2D eigenvalue weighted by Crippen LogP contribution is -2.49. The number of carbonyl (C=O) groups is 1. The number of nitrogens with one attached hydrogen (secondary N) is 1. The maximum absolute atomic E-state index is 11.6. The summed E-state index contributed by atoms with van der Waals surface area (Å²) in [6, 6.07) is 0.734. The Morgan fingerprint density at radius 3 is 2.58 bits per heavy atom. The predicted molar refractivity (Wildman–Crippen MR) is 75.2 cm³/mol. The Bertz CT molecular complexity index is 321. The molecular formula is C14H25N3O2. The van der Waals surface area contributed by atoms with Crippen LogP contribution in [0.25, 0.3) is 0 Å². The third-order valence-corrected chi connectivity index (χ3v) is 3.56. The van der Waals surface area contributed by atoms with Gasteiger partial charge in [-0.2, -0.15) is 0 Å². The van der Waals surface area contributed by atoms with Gasteiger partial charge in [-0.05, 0) is 25.3 Å². The number of nitrogens with zero attached hydrogens (tertiary/aromatic N) is 2. The molecule has 1 heterocycles.